The second kappa shape index (κ2) is 9.59. The Morgan fingerprint density at radius 3 is 0.848 bits per heavy atom. The highest BCUT2D eigenvalue weighted by Gasteiger charge is 2.52. The maximum atomic E-state index is 2.53. The molecule has 0 amide bonds. The van der Waals surface area contributed by atoms with Crippen molar-refractivity contribution in [2.45, 2.75) is 87.9 Å². The minimum absolute atomic E-state index is 0.448. The highest BCUT2D eigenvalue weighted by atomic mass is 14.6. The molecule has 0 aromatic heterocycles. The van der Waals surface area contributed by atoms with Crippen molar-refractivity contribution >= 4 is 21.5 Å². The van der Waals surface area contributed by atoms with Gasteiger partial charge in [-0.3, -0.25) is 0 Å². The largest absolute Gasteiger partial charge is 0.0616 e. The summed E-state index contributed by atoms with van der Waals surface area (Å²) in [5, 5.41) is 5.51. The summed E-state index contributed by atoms with van der Waals surface area (Å²) in [6, 6.07) is 38.5. The fourth-order valence-corrected chi connectivity index (χ4v) is 13.7. The second-order valence-corrected chi connectivity index (χ2v) is 17.4. The van der Waals surface area contributed by atoms with E-state index >= 15 is 0 Å². The third-order valence-electron chi connectivity index (χ3n) is 14.6. The topological polar surface area (TPSA) is 0 Å². The van der Waals surface area contributed by atoms with Gasteiger partial charge in [-0.15, -0.1) is 0 Å². The van der Waals surface area contributed by atoms with Crippen molar-refractivity contribution in [1.29, 1.82) is 0 Å². The zero-order valence-electron chi connectivity index (χ0n) is 27.2. The summed E-state index contributed by atoms with van der Waals surface area (Å²) in [5.41, 5.74) is 9.68. The van der Waals surface area contributed by atoms with Crippen LogP contribution in [0.5, 0.6) is 0 Å². The molecular formula is C46H46. The van der Waals surface area contributed by atoms with Gasteiger partial charge in [0, 0.05) is 0 Å². The second-order valence-electron chi connectivity index (χ2n) is 17.4. The van der Waals surface area contributed by atoms with Gasteiger partial charge in [0.1, 0.15) is 0 Å². The minimum atomic E-state index is 0.448. The maximum absolute atomic E-state index is 2.53. The van der Waals surface area contributed by atoms with Gasteiger partial charge in [-0.25, -0.2) is 0 Å². The fraction of sp³-hybridized carbons (Fsp3) is 0.435. The van der Waals surface area contributed by atoms with E-state index in [1.165, 1.54) is 121 Å². The molecule has 230 valence electrons. The average molecular weight is 599 g/mol. The molecule has 8 bridgehead atoms. The highest BCUT2D eigenvalue weighted by Crippen LogP contribution is 2.62. The Morgan fingerprint density at radius 2 is 0.587 bits per heavy atom. The van der Waals surface area contributed by atoms with Crippen LogP contribution in [0, 0.1) is 35.5 Å². The van der Waals surface area contributed by atoms with Gasteiger partial charge in [-0.05, 0) is 178 Å². The summed E-state index contributed by atoms with van der Waals surface area (Å²) in [6.45, 7) is 0. The van der Waals surface area contributed by atoms with Crippen LogP contribution in [-0.4, -0.2) is 0 Å². The van der Waals surface area contributed by atoms with Crippen LogP contribution in [0.3, 0.4) is 0 Å². The van der Waals surface area contributed by atoms with Crippen molar-refractivity contribution in [2.24, 2.45) is 35.5 Å². The first kappa shape index (κ1) is 26.7. The molecule has 0 heteroatoms. The average Bonchev–Trinajstić information content (AvgIpc) is 3.06. The molecule has 0 spiro atoms. The van der Waals surface area contributed by atoms with Gasteiger partial charge >= 0.3 is 0 Å². The van der Waals surface area contributed by atoms with E-state index in [1.807, 2.05) is 0 Å². The molecule has 0 saturated heterocycles. The van der Waals surface area contributed by atoms with E-state index in [4.69, 9.17) is 0 Å². The van der Waals surface area contributed by atoms with E-state index in [0.29, 0.717) is 10.8 Å². The SMILES string of the molecule is c1ccc2c(-c3ccc(C45CC6CC(CC(C6)C4)C5)cc3)c3ccccc3c(-c3ccc(C45CC6CC(CC(C6)C4)C5)cc3)c2c1. The number of fused-ring (bicyclic) bond motifs is 2. The minimum Gasteiger partial charge on any atom is -0.0616 e. The number of hydrogen-bond donors (Lipinski definition) is 0. The van der Waals surface area contributed by atoms with Crippen LogP contribution >= 0.6 is 0 Å². The molecule has 8 aliphatic carbocycles. The maximum Gasteiger partial charge on any atom is -0.00264 e. The van der Waals surface area contributed by atoms with Gasteiger partial charge in [0.2, 0.25) is 0 Å². The summed E-state index contributed by atoms with van der Waals surface area (Å²) < 4.78 is 0. The Kier molecular flexibility index (Phi) is 5.56. The van der Waals surface area contributed by atoms with E-state index in [0.717, 1.165) is 35.5 Å². The molecule has 5 aromatic carbocycles. The first-order valence-electron chi connectivity index (χ1n) is 18.8. The quantitative estimate of drug-likeness (QED) is 0.181. The van der Waals surface area contributed by atoms with Crippen LogP contribution in [0.15, 0.2) is 97.1 Å². The molecule has 0 atom stereocenters. The van der Waals surface area contributed by atoms with Gasteiger partial charge in [-0.2, -0.15) is 0 Å². The molecule has 5 aromatic rings. The molecule has 46 heavy (non-hydrogen) atoms. The molecule has 0 N–H and O–H groups in total. The first-order valence-corrected chi connectivity index (χ1v) is 18.8. The van der Waals surface area contributed by atoms with E-state index in [9.17, 15) is 0 Å². The van der Waals surface area contributed by atoms with Crippen LogP contribution in [0.25, 0.3) is 43.8 Å². The fourth-order valence-electron chi connectivity index (χ4n) is 13.7. The molecule has 0 unspecified atom stereocenters. The van der Waals surface area contributed by atoms with E-state index in [-0.39, 0.29) is 0 Å². The zero-order chi connectivity index (χ0) is 30.0. The standard InChI is InChI=1S/C46H46/c1-2-6-40-39(5-1)43(35-9-13-37(14-10-35)45-23-29-17-30(24-45)19-31(18-29)25-45)41-7-3-4-8-42(41)44(40)36-11-15-38(16-12-36)46-26-32-20-33(27-46)22-34(21-32)28-46/h1-16,29-34H,17-28H2. The third kappa shape index (κ3) is 3.85. The molecule has 8 aliphatic rings. The van der Waals surface area contributed by atoms with Crippen LogP contribution in [-0.2, 0) is 10.8 Å². The molecule has 0 radical (unpaired) electrons. The van der Waals surface area contributed by atoms with Gasteiger partial charge in [0.15, 0.2) is 0 Å². The molecule has 8 fully saturated rings. The molecule has 13 rings (SSSR count). The van der Waals surface area contributed by atoms with Crippen LogP contribution in [0.4, 0.5) is 0 Å². The Hall–Kier alpha value is -3.38. The predicted octanol–water partition coefficient (Wildman–Crippen LogP) is 12.3. The van der Waals surface area contributed by atoms with Crippen molar-refractivity contribution in [3.05, 3.63) is 108 Å². The summed E-state index contributed by atoms with van der Waals surface area (Å²) in [5.74, 6) is 5.88. The third-order valence-corrected chi connectivity index (χ3v) is 14.6. The van der Waals surface area contributed by atoms with Crippen LogP contribution < -0.4 is 0 Å². The van der Waals surface area contributed by atoms with E-state index in [1.54, 1.807) is 11.1 Å². The smallest absolute Gasteiger partial charge is 0.00264 e. The molecule has 0 nitrogen and oxygen atoms in total. The Balaban J connectivity index is 1.02. The lowest BCUT2D eigenvalue weighted by Gasteiger charge is -2.57. The van der Waals surface area contributed by atoms with Crippen molar-refractivity contribution in [3.63, 3.8) is 0 Å². The van der Waals surface area contributed by atoms with Crippen LogP contribution in [0.1, 0.15) is 88.2 Å². The summed E-state index contributed by atoms with van der Waals surface area (Å²) >= 11 is 0. The van der Waals surface area contributed by atoms with Crippen molar-refractivity contribution in [2.75, 3.05) is 0 Å². The summed E-state index contributed by atoms with van der Waals surface area (Å²) in [7, 11) is 0. The lowest BCUT2D eigenvalue weighted by molar-refractivity contribution is -0.00530. The monoisotopic (exact) mass is 598 g/mol. The van der Waals surface area contributed by atoms with Crippen molar-refractivity contribution < 1.29 is 0 Å². The Bertz CT molecular complexity index is 1720. The lowest BCUT2D eigenvalue weighted by Crippen LogP contribution is -2.48. The van der Waals surface area contributed by atoms with Gasteiger partial charge in [0.25, 0.3) is 0 Å². The molecular weight excluding hydrogens is 553 g/mol. The molecule has 0 heterocycles. The summed E-state index contributed by atoms with van der Waals surface area (Å²) in [4.78, 5) is 0. The van der Waals surface area contributed by atoms with Crippen molar-refractivity contribution in [3.8, 4) is 22.3 Å². The normalized spacial score (nSPS) is 35.4. The number of benzene rings is 5. The first-order chi connectivity index (χ1) is 22.6. The zero-order valence-corrected chi connectivity index (χ0v) is 27.2. The van der Waals surface area contributed by atoms with Gasteiger partial charge in [0.05, 0.1) is 0 Å². The number of hydrogen-bond acceptors (Lipinski definition) is 0. The lowest BCUT2D eigenvalue weighted by atomic mass is 9.48. The van der Waals surface area contributed by atoms with Crippen molar-refractivity contribution in [1.82, 2.24) is 0 Å². The number of rotatable bonds is 4. The molecule has 8 saturated carbocycles. The van der Waals surface area contributed by atoms with Gasteiger partial charge in [-0.1, -0.05) is 97.1 Å². The molecule has 0 aliphatic heterocycles. The van der Waals surface area contributed by atoms with Crippen LogP contribution in [0.2, 0.25) is 0 Å². The van der Waals surface area contributed by atoms with E-state index < -0.39 is 0 Å². The Labute approximate surface area is 274 Å². The Morgan fingerprint density at radius 1 is 0.326 bits per heavy atom. The highest BCUT2D eigenvalue weighted by molar-refractivity contribution is 6.21. The van der Waals surface area contributed by atoms with Gasteiger partial charge < -0.3 is 0 Å². The predicted molar refractivity (Wildman–Crippen MR) is 192 cm³/mol. The summed E-state index contributed by atoms with van der Waals surface area (Å²) in [6.07, 6.45) is 17.6. The van der Waals surface area contributed by atoms with E-state index in [2.05, 4.69) is 97.1 Å².